The number of rotatable bonds is 9. The molecule has 0 aliphatic carbocycles. The second-order valence-corrected chi connectivity index (χ2v) is 6.83. The Morgan fingerprint density at radius 3 is 2.45 bits per heavy atom. The molecule has 0 atom stereocenters. The third-order valence-corrected chi connectivity index (χ3v) is 4.61. The number of anilines is 1. The lowest BCUT2D eigenvalue weighted by Gasteiger charge is -2.13. The van der Waals surface area contributed by atoms with Gasteiger partial charge in [-0.15, -0.1) is 0 Å². The summed E-state index contributed by atoms with van der Waals surface area (Å²) in [6.07, 6.45) is 0.604. The van der Waals surface area contributed by atoms with E-state index >= 15 is 0 Å². The van der Waals surface area contributed by atoms with Crippen molar-refractivity contribution in [2.24, 2.45) is 0 Å². The molecule has 1 aliphatic heterocycles. The number of hydrogen-bond acceptors (Lipinski definition) is 5. The summed E-state index contributed by atoms with van der Waals surface area (Å²) in [4.78, 5) is 38.2. The molecule has 0 fully saturated rings. The molecule has 0 spiro atoms. The van der Waals surface area contributed by atoms with Crippen molar-refractivity contribution in [2.45, 2.75) is 19.8 Å². The predicted molar refractivity (Wildman–Crippen MR) is 108 cm³/mol. The molecule has 7 heteroatoms. The van der Waals surface area contributed by atoms with Gasteiger partial charge in [0.2, 0.25) is 5.91 Å². The average Bonchev–Trinajstić information content (AvgIpc) is 2.94. The third kappa shape index (κ3) is 5.00. The van der Waals surface area contributed by atoms with E-state index < -0.39 is 0 Å². The molecule has 0 bridgehead atoms. The number of carbonyl (C=O) groups excluding carboxylic acids is 3. The molecular weight excluding hydrogens is 372 g/mol. The number of aryl methyl sites for hydroxylation is 1. The highest BCUT2D eigenvalue weighted by Gasteiger charge is 2.34. The molecule has 2 aromatic carbocycles. The molecule has 7 nitrogen and oxygen atoms in total. The number of benzene rings is 2. The van der Waals surface area contributed by atoms with Gasteiger partial charge in [0, 0.05) is 25.8 Å². The fourth-order valence-corrected chi connectivity index (χ4v) is 3.11. The van der Waals surface area contributed by atoms with E-state index in [0.717, 1.165) is 5.56 Å². The summed E-state index contributed by atoms with van der Waals surface area (Å²) in [5.41, 5.74) is 2.46. The van der Waals surface area contributed by atoms with E-state index in [0.29, 0.717) is 42.2 Å². The highest BCUT2D eigenvalue weighted by molar-refractivity contribution is 6.21. The number of hydrogen-bond donors (Lipinski definition) is 1. The van der Waals surface area contributed by atoms with E-state index in [9.17, 15) is 14.4 Å². The molecule has 152 valence electrons. The van der Waals surface area contributed by atoms with E-state index in [1.54, 1.807) is 43.5 Å². The first-order valence-electron chi connectivity index (χ1n) is 9.48. The molecule has 0 saturated heterocycles. The van der Waals surface area contributed by atoms with Crippen LogP contribution in [0.2, 0.25) is 0 Å². The van der Waals surface area contributed by atoms with Crippen molar-refractivity contribution in [2.75, 3.05) is 32.2 Å². The number of methoxy groups -OCH3 is 1. The van der Waals surface area contributed by atoms with Crippen LogP contribution in [0.3, 0.4) is 0 Å². The van der Waals surface area contributed by atoms with Gasteiger partial charge in [0.1, 0.15) is 12.4 Å². The van der Waals surface area contributed by atoms with Crippen molar-refractivity contribution in [3.8, 4) is 5.75 Å². The zero-order chi connectivity index (χ0) is 20.8. The molecule has 0 saturated carbocycles. The Morgan fingerprint density at radius 2 is 1.72 bits per heavy atom. The van der Waals surface area contributed by atoms with E-state index in [1.165, 1.54) is 4.90 Å². The molecule has 0 radical (unpaired) electrons. The lowest BCUT2D eigenvalue weighted by atomic mass is 10.1. The smallest absolute Gasteiger partial charge is 0.261 e. The van der Waals surface area contributed by atoms with Crippen molar-refractivity contribution in [3.05, 3.63) is 59.2 Å². The monoisotopic (exact) mass is 396 g/mol. The van der Waals surface area contributed by atoms with Crippen molar-refractivity contribution in [3.63, 3.8) is 0 Å². The second-order valence-electron chi connectivity index (χ2n) is 6.83. The summed E-state index contributed by atoms with van der Waals surface area (Å²) in [6, 6.07) is 12.3. The SMILES string of the molecule is COCCOc1ccc(NC(=O)CCCN2C(=O)c3ccc(C)cc3C2=O)cc1. The molecule has 3 amide bonds. The van der Waals surface area contributed by atoms with Gasteiger partial charge in [-0.1, -0.05) is 11.6 Å². The number of nitrogens with zero attached hydrogens (tertiary/aromatic N) is 1. The molecule has 1 N–H and O–H groups in total. The molecule has 0 aromatic heterocycles. The third-order valence-electron chi connectivity index (χ3n) is 4.61. The lowest BCUT2D eigenvalue weighted by molar-refractivity contribution is -0.116. The summed E-state index contributed by atoms with van der Waals surface area (Å²) in [7, 11) is 1.61. The van der Waals surface area contributed by atoms with Gasteiger partial charge in [-0.2, -0.15) is 0 Å². The van der Waals surface area contributed by atoms with Gasteiger partial charge < -0.3 is 14.8 Å². The Hall–Kier alpha value is -3.19. The lowest BCUT2D eigenvalue weighted by Crippen LogP contribution is -2.31. The molecule has 1 aliphatic rings. The van der Waals surface area contributed by atoms with Crippen molar-refractivity contribution in [1.82, 2.24) is 4.90 Å². The summed E-state index contributed by atoms with van der Waals surface area (Å²) >= 11 is 0. The highest BCUT2D eigenvalue weighted by atomic mass is 16.5. The van der Waals surface area contributed by atoms with Crippen LogP contribution in [0.4, 0.5) is 5.69 Å². The summed E-state index contributed by atoms with van der Waals surface area (Å²) < 4.78 is 10.4. The van der Waals surface area contributed by atoms with Gasteiger partial charge in [0.25, 0.3) is 11.8 Å². The van der Waals surface area contributed by atoms with Crippen LogP contribution in [0.15, 0.2) is 42.5 Å². The van der Waals surface area contributed by atoms with Crippen LogP contribution in [0, 0.1) is 6.92 Å². The van der Waals surface area contributed by atoms with Crippen molar-refractivity contribution >= 4 is 23.4 Å². The molecule has 29 heavy (non-hydrogen) atoms. The number of imide groups is 1. The summed E-state index contributed by atoms with van der Waals surface area (Å²) in [6.45, 7) is 3.05. The number of carbonyl (C=O) groups is 3. The molecular formula is C22H24N2O5. The number of fused-ring (bicyclic) bond motifs is 1. The van der Waals surface area contributed by atoms with Gasteiger partial charge in [0.15, 0.2) is 0 Å². The maximum Gasteiger partial charge on any atom is 0.261 e. The molecule has 0 unspecified atom stereocenters. The standard InChI is InChI=1S/C22H24N2O5/c1-15-5-10-18-19(14-15)22(27)24(21(18)26)11-3-4-20(25)23-16-6-8-17(9-7-16)29-13-12-28-2/h5-10,14H,3-4,11-13H2,1-2H3,(H,23,25). The molecule has 1 heterocycles. The second kappa shape index (κ2) is 9.34. The van der Waals surface area contributed by atoms with Crippen LogP contribution in [-0.4, -0.2) is 49.5 Å². The fraction of sp³-hybridized carbons (Fsp3) is 0.318. The normalized spacial score (nSPS) is 12.8. The van der Waals surface area contributed by atoms with Crippen LogP contribution < -0.4 is 10.1 Å². The van der Waals surface area contributed by atoms with Crippen LogP contribution in [0.1, 0.15) is 39.1 Å². The van der Waals surface area contributed by atoms with Crippen LogP contribution >= 0.6 is 0 Å². The quantitative estimate of drug-likeness (QED) is 0.520. The molecule has 2 aromatic rings. The van der Waals surface area contributed by atoms with Gasteiger partial charge in [-0.05, 0) is 49.7 Å². The van der Waals surface area contributed by atoms with Gasteiger partial charge >= 0.3 is 0 Å². The Balaban J connectivity index is 1.46. The average molecular weight is 396 g/mol. The van der Waals surface area contributed by atoms with Crippen LogP contribution in [-0.2, 0) is 9.53 Å². The largest absolute Gasteiger partial charge is 0.491 e. The summed E-state index contributed by atoms with van der Waals surface area (Å²) in [5.74, 6) is -0.0703. The molecule has 3 rings (SSSR count). The van der Waals surface area contributed by atoms with Crippen LogP contribution in [0.25, 0.3) is 0 Å². The van der Waals surface area contributed by atoms with E-state index in [1.807, 2.05) is 13.0 Å². The fourth-order valence-electron chi connectivity index (χ4n) is 3.11. The maximum absolute atomic E-state index is 12.4. The Bertz CT molecular complexity index is 908. The van der Waals surface area contributed by atoms with Crippen LogP contribution in [0.5, 0.6) is 5.75 Å². The number of ether oxygens (including phenoxy) is 2. The zero-order valence-corrected chi connectivity index (χ0v) is 16.6. The van der Waals surface area contributed by atoms with Crippen molar-refractivity contribution < 1.29 is 23.9 Å². The van der Waals surface area contributed by atoms with E-state index in [2.05, 4.69) is 5.32 Å². The van der Waals surface area contributed by atoms with E-state index in [4.69, 9.17) is 9.47 Å². The van der Waals surface area contributed by atoms with Gasteiger partial charge in [-0.3, -0.25) is 19.3 Å². The maximum atomic E-state index is 12.4. The van der Waals surface area contributed by atoms with Crippen molar-refractivity contribution in [1.29, 1.82) is 0 Å². The number of amides is 3. The zero-order valence-electron chi connectivity index (χ0n) is 16.6. The Morgan fingerprint density at radius 1 is 1.00 bits per heavy atom. The first kappa shape index (κ1) is 20.5. The first-order chi connectivity index (χ1) is 14.0. The number of nitrogens with one attached hydrogen (secondary N) is 1. The first-order valence-corrected chi connectivity index (χ1v) is 9.48. The minimum absolute atomic E-state index is 0.175. The topological polar surface area (TPSA) is 84.9 Å². The van der Waals surface area contributed by atoms with E-state index in [-0.39, 0.29) is 30.7 Å². The van der Waals surface area contributed by atoms with Gasteiger partial charge in [0.05, 0.1) is 17.7 Å². The minimum atomic E-state index is -0.297. The minimum Gasteiger partial charge on any atom is -0.491 e. The predicted octanol–water partition coefficient (Wildman–Crippen LogP) is 3.04. The Labute approximate surface area is 169 Å². The highest BCUT2D eigenvalue weighted by Crippen LogP contribution is 2.24. The van der Waals surface area contributed by atoms with Gasteiger partial charge in [-0.25, -0.2) is 0 Å². The Kier molecular flexibility index (Phi) is 6.61. The summed E-state index contributed by atoms with van der Waals surface area (Å²) in [5, 5.41) is 2.80.